The smallest absolute Gasteiger partial charge is 0.124 e. The van der Waals surface area contributed by atoms with Gasteiger partial charge in [-0.15, -0.1) is 6.42 Å². The van der Waals surface area contributed by atoms with Crippen molar-refractivity contribution in [2.24, 2.45) is 0 Å². The van der Waals surface area contributed by atoms with E-state index < -0.39 is 0 Å². The molecule has 1 aromatic rings. The number of terminal acetylenes is 1. The summed E-state index contributed by atoms with van der Waals surface area (Å²) in [4.78, 5) is 0. The van der Waals surface area contributed by atoms with Gasteiger partial charge in [0.05, 0.1) is 0 Å². The van der Waals surface area contributed by atoms with Crippen LogP contribution in [-0.4, -0.2) is 0 Å². The molecule has 12 heavy (non-hydrogen) atoms. The molecule has 0 aliphatic carbocycles. The van der Waals surface area contributed by atoms with Gasteiger partial charge in [0.2, 0.25) is 0 Å². The van der Waals surface area contributed by atoms with Crippen molar-refractivity contribution >= 4 is 0 Å². The molecule has 0 nitrogen and oxygen atoms in total. The molecule has 0 saturated heterocycles. The van der Waals surface area contributed by atoms with E-state index >= 15 is 0 Å². The Bertz CT molecular complexity index is 318. The lowest BCUT2D eigenvalue weighted by Crippen LogP contribution is -1.90. The van der Waals surface area contributed by atoms with Crippen LogP contribution in [0.15, 0.2) is 18.2 Å². The van der Waals surface area contributed by atoms with E-state index in [-0.39, 0.29) is 5.82 Å². The highest BCUT2D eigenvalue weighted by Crippen LogP contribution is 2.17. The van der Waals surface area contributed by atoms with Crippen molar-refractivity contribution in [2.45, 2.75) is 19.8 Å². The average molecular weight is 162 g/mol. The molecule has 0 aromatic heterocycles. The number of hydrogen-bond donors (Lipinski definition) is 0. The SMILES string of the molecule is C#Cc1cc(F)cc(C(C)C)c1. The molecule has 1 aromatic carbocycles. The molecule has 0 saturated carbocycles. The monoisotopic (exact) mass is 162 g/mol. The average Bonchev–Trinajstić information content (AvgIpc) is 2.03. The van der Waals surface area contributed by atoms with Crippen LogP contribution in [0, 0.1) is 18.2 Å². The van der Waals surface area contributed by atoms with E-state index in [1.807, 2.05) is 19.9 Å². The van der Waals surface area contributed by atoms with Crippen LogP contribution in [0.2, 0.25) is 0 Å². The standard InChI is InChI=1S/C11H11F/c1-4-9-5-10(8(2)3)7-11(12)6-9/h1,5-8H,2-3H3. The summed E-state index contributed by atoms with van der Waals surface area (Å²) in [5.41, 5.74) is 1.56. The van der Waals surface area contributed by atoms with Crippen molar-refractivity contribution in [2.75, 3.05) is 0 Å². The fourth-order valence-corrected chi connectivity index (χ4v) is 1.03. The lowest BCUT2D eigenvalue weighted by atomic mass is 10.0. The summed E-state index contributed by atoms with van der Waals surface area (Å²) >= 11 is 0. The second kappa shape index (κ2) is 3.40. The number of halogens is 1. The Balaban J connectivity index is 3.17. The van der Waals surface area contributed by atoms with E-state index in [2.05, 4.69) is 5.92 Å². The van der Waals surface area contributed by atoms with Gasteiger partial charge < -0.3 is 0 Å². The summed E-state index contributed by atoms with van der Waals surface area (Å²) in [5.74, 6) is 2.48. The summed E-state index contributed by atoms with van der Waals surface area (Å²) in [6.45, 7) is 4.02. The zero-order valence-electron chi connectivity index (χ0n) is 7.26. The minimum Gasteiger partial charge on any atom is -0.207 e. The first-order valence-corrected chi connectivity index (χ1v) is 3.90. The molecule has 0 radical (unpaired) electrons. The number of hydrogen-bond acceptors (Lipinski definition) is 0. The van der Waals surface area contributed by atoms with Crippen LogP contribution in [0.4, 0.5) is 4.39 Å². The van der Waals surface area contributed by atoms with E-state index in [1.54, 1.807) is 0 Å². The van der Waals surface area contributed by atoms with Gasteiger partial charge in [0.25, 0.3) is 0 Å². The molecule has 1 heteroatoms. The van der Waals surface area contributed by atoms with Crippen LogP contribution < -0.4 is 0 Å². The van der Waals surface area contributed by atoms with Crippen LogP contribution >= 0.6 is 0 Å². The Morgan fingerprint density at radius 1 is 1.33 bits per heavy atom. The molecule has 0 amide bonds. The van der Waals surface area contributed by atoms with Crippen molar-refractivity contribution in [3.63, 3.8) is 0 Å². The van der Waals surface area contributed by atoms with Crippen molar-refractivity contribution in [1.29, 1.82) is 0 Å². The number of benzene rings is 1. The predicted molar refractivity (Wildman–Crippen MR) is 48.4 cm³/mol. The zero-order valence-corrected chi connectivity index (χ0v) is 7.26. The van der Waals surface area contributed by atoms with E-state index in [4.69, 9.17) is 6.42 Å². The summed E-state index contributed by atoms with van der Waals surface area (Å²) in [6, 6.07) is 4.73. The van der Waals surface area contributed by atoms with Gasteiger partial charge >= 0.3 is 0 Å². The van der Waals surface area contributed by atoms with Crippen LogP contribution in [-0.2, 0) is 0 Å². The highest BCUT2D eigenvalue weighted by molar-refractivity contribution is 5.37. The van der Waals surface area contributed by atoms with Crippen LogP contribution in [0.3, 0.4) is 0 Å². The van der Waals surface area contributed by atoms with Crippen molar-refractivity contribution in [1.82, 2.24) is 0 Å². The largest absolute Gasteiger partial charge is 0.207 e. The second-order valence-corrected chi connectivity index (χ2v) is 3.07. The molecule has 0 bridgehead atoms. The van der Waals surface area contributed by atoms with E-state index in [1.165, 1.54) is 12.1 Å². The third-order valence-corrected chi connectivity index (χ3v) is 1.75. The van der Waals surface area contributed by atoms with Gasteiger partial charge in [-0.1, -0.05) is 19.8 Å². The highest BCUT2D eigenvalue weighted by Gasteiger charge is 2.02. The van der Waals surface area contributed by atoms with Gasteiger partial charge in [-0.05, 0) is 29.7 Å². The molecule has 0 aliphatic rings. The molecule has 1 rings (SSSR count). The van der Waals surface area contributed by atoms with Gasteiger partial charge in [0.15, 0.2) is 0 Å². The Morgan fingerprint density at radius 3 is 2.50 bits per heavy atom. The molecule has 0 heterocycles. The Labute approximate surface area is 72.4 Å². The maximum Gasteiger partial charge on any atom is 0.124 e. The molecule has 62 valence electrons. The van der Waals surface area contributed by atoms with Crippen molar-refractivity contribution in [3.8, 4) is 12.3 Å². The summed E-state index contributed by atoms with van der Waals surface area (Å²) < 4.78 is 12.9. The normalized spacial score (nSPS) is 9.92. The molecule has 0 fully saturated rings. The van der Waals surface area contributed by atoms with E-state index in [0.717, 1.165) is 5.56 Å². The fourth-order valence-electron chi connectivity index (χ4n) is 1.03. The lowest BCUT2D eigenvalue weighted by Gasteiger charge is -2.05. The van der Waals surface area contributed by atoms with Gasteiger partial charge in [-0.25, -0.2) is 4.39 Å². The second-order valence-electron chi connectivity index (χ2n) is 3.07. The van der Waals surface area contributed by atoms with Crippen molar-refractivity contribution in [3.05, 3.63) is 35.1 Å². The molecule has 0 unspecified atom stereocenters. The highest BCUT2D eigenvalue weighted by atomic mass is 19.1. The minimum atomic E-state index is -0.255. The predicted octanol–water partition coefficient (Wildman–Crippen LogP) is 2.93. The van der Waals surface area contributed by atoms with Crippen LogP contribution in [0.1, 0.15) is 30.9 Å². The van der Waals surface area contributed by atoms with Gasteiger partial charge in [-0.3, -0.25) is 0 Å². The molecule has 0 N–H and O–H groups in total. The maximum absolute atomic E-state index is 12.9. The van der Waals surface area contributed by atoms with Crippen LogP contribution in [0.5, 0.6) is 0 Å². The first kappa shape index (κ1) is 8.80. The first-order chi connectivity index (χ1) is 5.63. The molecule has 0 spiro atoms. The fraction of sp³-hybridized carbons (Fsp3) is 0.273. The lowest BCUT2D eigenvalue weighted by molar-refractivity contribution is 0.623. The third-order valence-electron chi connectivity index (χ3n) is 1.75. The number of rotatable bonds is 1. The van der Waals surface area contributed by atoms with Gasteiger partial charge in [-0.2, -0.15) is 0 Å². The zero-order chi connectivity index (χ0) is 9.14. The topological polar surface area (TPSA) is 0 Å². The summed E-state index contributed by atoms with van der Waals surface area (Å²) in [6.07, 6.45) is 5.17. The van der Waals surface area contributed by atoms with Crippen LogP contribution in [0.25, 0.3) is 0 Å². The maximum atomic E-state index is 12.9. The molecular weight excluding hydrogens is 151 g/mol. The van der Waals surface area contributed by atoms with Gasteiger partial charge in [0, 0.05) is 5.56 Å². The molecular formula is C11H11F. The summed E-state index contributed by atoms with van der Waals surface area (Å²) in [5, 5.41) is 0. The Morgan fingerprint density at radius 2 is 2.00 bits per heavy atom. The Hall–Kier alpha value is -1.29. The van der Waals surface area contributed by atoms with E-state index in [0.29, 0.717) is 11.5 Å². The van der Waals surface area contributed by atoms with Gasteiger partial charge in [0.1, 0.15) is 5.82 Å². The third kappa shape index (κ3) is 1.85. The molecule has 0 atom stereocenters. The first-order valence-electron chi connectivity index (χ1n) is 3.90. The van der Waals surface area contributed by atoms with Crippen molar-refractivity contribution < 1.29 is 4.39 Å². The minimum absolute atomic E-state index is 0.255. The van der Waals surface area contributed by atoms with E-state index in [9.17, 15) is 4.39 Å². The Kier molecular flexibility index (Phi) is 2.50. The quantitative estimate of drug-likeness (QED) is 0.557. The molecule has 0 aliphatic heterocycles. The summed E-state index contributed by atoms with van der Waals surface area (Å²) in [7, 11) is 0.